The van der Waals surface area contributed by atoms with Crippen molar-refractivity contribution in [1.29, 1.82) is 0 Å². The second-order valence-corrected chi connectivity index (χ2v) is 12.3. The van der Waals surface area contributed by atoms with E-state index in [0.717, 1.165) is 11.5 Å². The van der Waals surface area contributed by atoms with E-state index in [1.54, 1.807) is 0 Å². The minimum absolute atomic E-state index is 0.161. The van der Waals surface area contributed by atoms with Crippen LogP contribution in [0.25, 0.3) is 0 Å². The second-order valence-electron chi connectivity index (χ2n) is 4.36. The van der Waals surface area contributed by atoms with E-state index in [0.29, 0.717) is 14.0 Å². The predicted molar refractivity (Wildman–Crippen MR) is 111 cm³/mol. The van der Waals surface area contributed by atoms with Crippen molar-refractivity contribution in [3.63, 3.8) is 0 Å². The van der Waals surface area contributed by atoms with E-state index in [-0.39, 0.29) is 41.0 Å². The zero-order chi connectivity index (χ0) is 22.4. The van der Waals surface area contributed by atoms with Gasteiger partial charge < -0.3 is 33.5 Å². The molecule has 0 aliphatic carbocycles. The topological polar surface area (TPSA) is 150 Å². The van der Waals surface area contributed by atoms with Crippen molar-refractivity contribution in [3.8, 4) is 0 Å². The van der Waals surface area contributed by atoms with Gasteiger partial charge in [-0.25, -0.2) is 9.59 Å². The summed E-state index contributed by atoms with van der Waals surface area (Å²) in [7, 11) is 0.559. The van der Waals surface area contributed by atoms with Crippen LogP contribution in [0.15, 0.2) is 0 Å². The quantitative estimate of drug-likeness (QED) is 0.241. The predicted octanol–water partition coefficient (Wildman–Crippen LogP) is -0.654. The van der Waals surface area contributed by atoms with Crippen molar-refractivity contribution in [2.24, 2.45) is 0 Å². The maximum atomic E-state index is 11.1. The third-order valence-corrected chi connectivity index (χ3v) is 9.69. The third kappa shape index (κ3) is 25.5. The summed E-state index contributed by atoms with van der Waals surface area (Å²) in [6, 6.07) is -1.87. The van der Waals surface area contributed by atoms with Crippen LogP contribution in [0.1, 0.15) is 12.8 Å². The normalized spacial score (nSPS) is 10.0. The van der Waals surface area contributed by atoms with Crippen molar-refractivity contribution in [1.82, 2.24) is 10.6 Å². The number of hydrogen-bond acceptors (Lipinski definition) is 8. The molecule has 0 spiro atoms. The van der Waals surface area contributed by atoms with Crippen LogP contribution in [0.5, 0.6) is 0 Å². The Hall–Kier alpha value is -0.491. The summed E-state index contributed by atoms with van der Waals surface area (Å²) in [5, 5.41) is 25.5. The summed E-state index contributed by atoms with van der Waals surface area (Å²) >= 11 is 14.5. The van der Waals surface area contributed by atoms with Crippen LogP contribution in [0, 0.1) is 0 Å². The van der Waals surface area contributed by atoms with Crippen molar-refractivity contribution in [2.45, 2.75) is 18.9 Å². The van der Waals surface area contributed by atoms with Crippen LogP contribution in [-0.2, 0) is 72.5 Å². The van der Waals surface area contributed by atoms with E-state index in [9.17, 15) is 14.4 Å². The van der Waals surface area contributed by atoms with Gasteiger partial charge in [-0.3, -0.25) is 4.79 Å². The van der Waals surface area contributed by atoms with E-state index in [1.165, 1.54) is 11.5 Å². The molecule has 9 nitrogen and oxygen atoms in total. The number of nitrogens with one attached hydrogen (secondary N) is 2. The van der Waals surface area contributed by atoms with E-state index in [2.05, 4.69) is 28.3 Å². The van der Waals surface area contributed by atoms with Crippen molar-refractivity contribution in [2.75, 3.05) is 35.3 Å². The Balaban J connectivity index is -0.000000438. The summed E-state index contributed by atoms with van der Waals surface area (Å²) in [6.45, 7) is 0.256. The third-order valence-electron chi connectivity index (χ3n) is 2.40. The fourth-order valence-corrected chi connectivity index (χ4v) is 7.66. The van der Waals surface area contributed by atoms with Crippen molar-refractivity contribution in [3.05, 3.63) is 0 Å². The zero-order valence-electron chi connectivity index (χ0n) is 14.9. The monoisotopic (exact) mass is 556 g/mol. The first-order valence-corrected chi connectivity index (χ1v) is 14.3. The molecule has 28 heavy (non-hydrogen) atoms. The molecule has 0 aromatic heterocycles. The number of aliphatic carboxylic acids is 2. The summed E-state index contributed by atoms with van der Waals surface area (Å²) in [5.74, 6) is 2.13. The molecule has 14 heteroatoms. The molecule has 0 aromatic rings. The number of rotatable bonds is 11. The van der Waals surface area contributed by atoms with Crippen LogP contribution in [0.3, 0.4) is 0 Å². The van der Waals surface area contributed by atoms with E-state index < -0.39 is 24.0 Å². The fraction of sp³-hybridized carbons (Fsp3) is 0.643. The molecular weight excluding hydrogens is 534 g/mol. The Bertz CT molecular complexity index is 546. The van der Waals surface area contributed by atoms with Crippen LogP contribution < -0.4 is 10.6 Å². The Kier molecular flexibility index (Phi) is 28.2. The molecule has 1 unspecified atom stereocenters. The number of carboxylic acids is 2. The molecule has 1 atom stereocenters. The molecule has 0 saturated heterocycles. The molecule has 0 aliphatic heterocycles. The standard InChI is InChI=1S/C8H14N2O5S.C4H10S3.CO2.CH2.Tc/c11-6(12)2-1-5(7(13)14)10-8(15)9-3-4-16;5-1-3-7-4-2-6;2-1-3;;/h5,16H,1-4H2,(H,11,12)(H,13,14)(H2,9,10,15);5-6H,1-4H2;;1H2;/q;;;;+3/p-3. The van der Waals surface area contributed by atoms with Crippen LogP contribution in [0.4, 0.5) is 4.79 Å². The van der Waals surface area contributed by atoms with Crippen LogP contribution in [0.2, 0.25) is 0 Å². The average Bonchev–Trinajstić information content (AvgIpc) is 2.64. The Morgan fingerprint density at radius 1 is 1.07 bits per heavy atom. The van der Waals surface area contributed by atoms with Gasteiger partial charge in [0.05, 0.1) is 0 Å². The number of amides is 2. The molecule has 0 saturated carbocycles. The number of carboxylic acid groups (broad SMARTS) is 2. The molecule has 0 aromatic carbocycles. The minimum atomic E-state index is -1.27. The fourth-order valence-electron chi connectivity index (χ4n) is 1.29. The first-order chi connectivity index (χ1) is 13.2. The number of carbonyl (C=O) groups is 3. The van der Waals surface area contributed by atoms with Gasteiger partial charge in [0.2, 0.25) is 0 Å². The van der Waals surface area contributed by atoms with Gasteiger partial charge in [-0.1, -0.05) is 0 Å². The van der Waals surface area contributed by atoms with Crippen molar-refractivity contribution < 1.29 is 49.6 Å². The van der Waals surface area contributed by atoms with Gasteiger partial charge in [0.15, 0.2) is 0 Å². The molecule has 2 amide bonds. The molecule has 0 heterocycles. The number of hydrogen-bond donors (Lipinski definition) is 4. The van der Waals surface area contributed by atoms with Crippen LogP contribution in [-0.4, -0.2) is 80.7 Å². The molecule has 0 fully saturated rings. The molecule has 162 valence electrons. The van der Waals surface area contributed by atoms with Gasteiger partial charge in [-0.2, -0.15) is 15.3 Å². The molecule has 0 radical (unpaired) electrons. The van der Waals surface area contributed by atoms with Crippen LogP contribution >= 0.6 is 8.26 Å². The first kappa shape index (κ1) is 32.2. The summed E-state index contributed by atoms with van der Waals surface area (Å²) in [5.41, 5.74) is 0. The molecule has 0 bridgehead atoms. The molecular formula is C14H23N2O7S4Tc. The Labute approximate surface area is 189 Å². The molecule has 0 rings (SSSR count). The summed E-state index contributed by atoms with van der Waals surface area (Å²) < 4.78 is 0. The molecule has 4 N–H and O–H groups in total. The van der Waals surface area contributed by atoms with Gasteiger partial charge >= 0.3 is 101 Å². The Morgan fingerprint density at radius 3 is 1.89 bits per heavy atom. The Morgan fingerprint density at radius 2 is 1.57 bits per heavy atom. The first-order valence-electron chi connectivity index (χ1n) is 7.53. The van der Waals surface area contributed by atoms with Gasteiger partial charge in [0.1, 0.15) is 6.04 Å². The average molecular weight is 558 g/mol. The van der Waals surface area contributed by atoms with Gasteiger partial charge in [0, 0.05) is 6.42 Å². The maximum absolute atomic E-state index is 11.1. The summed E-state index contributed by atoms with van der Waals surface area (Å²) in [6.07, 6.45) is -0.232. The number of urea groups is 1. The second kappa shape index (κ2) is 24.5. The van der Waals surface area contributed by atoms with E-state index in [4.69, 9.17) is 45.1 Å². The number of carbonyl (C=O) groups excluding carboxylic acids is 3. The van der Waals surface area contributed by atoms with Crippen molar-refractivity contribution >= 4 is 75.3 Å². The van der Waals surface area contributed by atoms with Gasteiger partial charge in [-0.05, 0) is 13.0 Å². The van der Waals surface area contributed by atoms with E-state index in [1.807, 2.05) is 0 Å². The SMILES string of the molecule is O=C(O)CCC(NC(=O)NCC[S-])C(=O)O.O=C=O.[CH2]=[Tc+3]=[S](CC[S-])CC[S-]. The van der Waals surface area contributed by atoms with Gasteiger partial charge in [0.25, 0.3) is 0 Å². The zero-order valence-corrected chi connectivity index (χ0v) is 20.0. The van der Waals surface area contributed by atoms with E-state index >= 15 is 0 Å². The van der Waals surface area contributed by atoms with Gasteiger partial charge in [-0.15, -0.1) is 0 Å². The summed E-state index contributed by atoms with van der Waals surface area (Å²) in [4.78, 5) is 48.2. The molecule has 0 aliphatic rings.